The highest BCUT2D eigenvalue weighted by molar-refractivity contribution is 8.16. The van der Waals surface area contributed by atoms with Crippen molar-refractivity contribution in [1.29, 1.82) is 0 Å². The zero-order valence-electron chi connectivity index (χ0n) is 8.73. The van der Waals surface area contributed by atoms with Crippen molar-refractivity contribution in [2.24, 2.45) is 11.8 Å². The first kappa shape index (κ1) is 12.2. The Morgan fingerprint density at radius 2 is 1.71 bits per heavy atom. The van der Waals surface area contributed by atoms with E-state index in [0.717, 1.165) is 31.6 Å². The van der Waals surface area contributed by atoms with Gasteiger partial charge in [0.1, 0.15) is 0 Å². The van der Waals surface area contributed by atoms with Gasteiger partial charge in [-0.15, -0.1) is 0 Å². The summed E-state index contributed by atoms with van der Waals surface area (Å²) in [7, 11) is 0. The second kappa shape index (κ2) is 5.91. The van der Waals surface area contributed by atoms with Gasteiger partial charge in [-0.2, -0.15) is 23.5 Å². The van der Waals surface area contributed by atoms with Crippen LogP contribution in [0.5, 0.6) is 0 Å². The number of carboxylic acid groups (broad SMARTS) is 1. The zero-order valence-corrected chi connectivity index (χ0v) is 10.4. The molecule has 0 unspecified atom stereocenters. The highest BCUT2D eigenvalue weighted by Crippen LogP contribution is 2.38. The van der Waals surface area contributed by atoms with Gasteiger partial charge in [0, 0.05) is 0 Å². The van der Waals surface area contributed by atoms with Crippen LogP contribution in [0.2, 0.25) is 0 Å². The summed E-state index contributed by atoms with van der Waals surface area (Å²) >= 11 is 3.80. The molecule has 0 amide bonds. The Morgan fingerprint density at radius 3 is 2.07 bits per heavy atom. The summed E-state index contributed by atoms with van der Waals surface area (Å²) in [5.74, 6) is 0.0412. The number of rotatable bonds is 4. The van der Waals surface area contributed by atoms with Gasteiger partial charge in [0.05, 0.1) is 10.5 Å². The van der Waals surface area contributed by atoms with Crippen molar-refractivity contribution >= 4 is 29.5 Å². The number of carboxylic acids is 1. The summed E-state index contributed by atoms with van der Waals surface area (Å²) in [6.07, 6.45) is 8.21. The topological polar surface area (TPSA) is 37.3 Å². The Morgan fingerprint density at radius 1 is 1.21 bits per heavy atom. The Balaban J connectivity index is 2.38. The Hall–Kier alpha value is 0.170. The maximum atomic E-state index is 10.8. The van der Waals surface area contributed by atoms with Crippen molar-refractivity contribution in [2.45, 2.75) is 30.3 Å². The second-order valence-corrected chi connectivity index (χ2v) is 6.05. The molecule has 0 aliphatic heterocycles. The molecule has 0 radical (unpaired) electrons. The van der Waals surface area contributed by atoms with Crippen molar-refractivity contribution in [3.63, 3.8) is 0 Å². The molecule has 4 heteroatoms. The maximum absolute atomic E-state index is 10.8. The first-order chi connectivity index (χ1) is 6.69. The average Bonchev–Trinajstić information content (AvgIpc) is 2.20. The van der Waals surface area contributed by atoms with Crippen LogP contribution in [0, 0.1) is 11.8 Å². The van der Waals surface area contributed by atoms with Crippen molar-refractivity contribution in [3.05, 3.63) is 0 Å². The summed E-state index contributed by atoms with van der Waals surface area (Å²) in [5.41, 5.74) is 0. The molecule has 0 saturated heterocycles. The zero-order chi connectivity index (χ0) is 10.6. The molecule has 14 heavy (non-hydrogen) atoms. The van der Waals surface area contributed by atoms with E-state index in [1.54, 1.807) is 0 Å². The molecule has 1 N–H and O–H groups in total. The SMILES string of the molecule is CSC(SC)C1CCC(C(=O)O)CC1. The second-order valence-electron chi connectivity index (χ2n) is 3.79. The molecule has 2 nitrogen and oxygen atoms in total. The minimum atomic E-state index is -0.603. The Kier molecular flexibility index (Phi) is 5.17. The molecular weight excluding hydrogens is 216 g/mol. The van der Waals surface area contributed by atoms with E-state index in [-0.39, 0.29) is 5.92 Å². The third-order valence-corrected chi connectivity index (χ3v) is 5.82. The van der Waals surface area contributed by atoms with E-state index in [9.17, 15) is 4.79 Å². The largest absolute Gasteiger partial charge is 0.481 e. The molecule has 1 saturated carbocycles. The molecule has 1 aliphatic carbocycles. The van der Waals surface area contributed by atoms with Crippen LogP contribution in [-0.4, -0.2) is 28.2 Å². The van der Waals surface area contributed by atoms with E-state index >= 15 is 0 Å². The minimum absolute atomic E-state index is 0.0735. The van der Waals surface area contributed by atoms with Gasteiger partial charge in [0.15, 0.2) is 0 Å². The summed E-state index contributed by atoms with van der Waals surface area (Å²) in [6.45, 7) is 0. The maximum Gasteiger partial charge on any atom is 0.306 e. The lowest BCUT2D eigenvalue weighted by Gasteiger charge is -2.30. The van der Waals surface area contributed by atoms with E-state index in [2.05, 4.69) is 12.5 Å². The van der Waals surface area contributed by atoms with Gasteiger partial charge in [-0.25, -0.2) is 0 Å². The third kappa shape index (κ3) is 3.09. The summed E-state index contributed by atoms with van der Waals surface area (Å²) in [6, 6.07) is 0. The number of thioether (sulfide) groups is 2. The number of aliphatic carboxylic acids is 1. The molecule has 0 aromatic rings. The summed E-state index contributed by atoms with van der Waals surface area (Å²) in [4.78, 5) is 10.8. The molecule has 82 valence electrons. The summed E-state index contributed by atoms with van der Waals surface area (Å²) in [5, 5.41) is 8.87. The van der Waals surface area contributed by atoms with Crippen LogP contribution in [0.15, 0.2) is 0 Å². The van der Waals surface area contributed by atoms with Gasteiger partial charge in [0.25, 0.3) is 0 Å². The highest BCUT2D eigenvalue weighted by atomic mass is 32.2. The monoisotopic (exact) mass is 234 g/mol. The van der Waals surface area contributed by atoms with Gasteiger partial charge in [-0.05, 0) is 44.1 Å². The lowest BCUT2D eigenvalue weighted by molar-refractivity contribution is -0.143. The fourth-order valence-corrected chi connectivity index (χ4v) is 4.20. The first-order valence-electron chi connectivity index (χ1n) is 4.97. The van der Waals surface area contributed by atoms with E-state index in [1.807, 2.05) is 23.5 Å². The van der Waals surface area contributed by atoms with Crippen molar-refractivity contribution in [1.82, 2.24) is 0 Å². The average molecular weight is 234 g/mol. The van der Waals surface area contributed by atoms with Gasteiger partial charge in [-0.1, -0.05) is 0 Å². The van der Waals surface area contributed by atoms with Gasteiger partial charge < -0.3 is 5.11 Å². The lowest BCUT2D eigenvalue weighted by Crippen LogP contribution is -2.25. The van der Waals surface area contributed by atoms with E-state index in [4.69, 9.17) is 5.11 Å². The van der Waals surface area contributed by atoms with Crippen LogP contribution >= 0.6 is 23.5 Å². The smallest absolute Gasteiger partial charge is 0.306 e. The van der Waals surface area contributed by atoms with Crippen LogP contribution in [0.1, 0.15) is 25.7 Å². The standard InChI is InChI=1S/C10H18O2S2/c1-13-10(14-2)8-5-3-7(4-6-8)9(11)12/h7-8,10H,3-6H2,1-2H3,(H,11,12). The molecule has 0 aromatic heterocycles. The van der Waals surface area contributed by atoms with Crippen molar-refractivity contribution in [3.8, 4) is 0 Å². The predicted octanol–water partition coefficient (Wildman–Crippen LogP) is 2.93. The normalized spacial score (nSPS) is 27.9. The molecule has 0 atom stereocenters. The molecule has 1 fully saturated rings. The molecule has 0 spiro atoms. The summed E-state index contributed by atoms with van der Waals surface area (Å²) < 4.78 is 0.657. The van der Waals surface area contributed by atoms with Gasteiger partial charge >= 0.3 is 5.97 Å². The minimum Gasteiger partial charge on any atom is -0.481 e. The van der Waals surface area contributed by atoms with Crippen LogP contribution in [-0.2, 0) is 4.79 Å². The molecule has 1 rings (SSSR count). The molecule has 0 aromatic carbocycles. The van der Waals surface area contributed by atoms with Crippen molar-refractivity contribution in [2.75, 3.05) is 12.5 Å². The quantitative estimate of drug-likeness (QED) is 0.759. The fraction of sp³-hybridized carbons (Fsp3) is 0.900. The van der Waals surface area contributed by atoms with E-state index in [0.29, 0.717) is 4.58 Å². The molecule has 0 bridgehead atoms. The molecule has 1 aliphatic rings. The fourth-order valence-electron chi connectivity index (χ4n) is 2.12. The number of carbonyl (C=O) groups is 1. The highest BCUT2D eigenvalue weighted by Gasteiger charge is 2.29. The van der Waals surface area contributed by atoms with Gasteiger partial charge in [-0.3, -0.25) is 4.79 Å². The third-order valence-electron chi connectivity index (χ3n) is 2.97. The van der Waals surface area contributed by atoms with Crippen molar-refractivity contribution < 1.29 is 9.90 Å². The number of hydrogen-bond donors (Lipinski definition) is 1. The number of hydrogen-bond acceptors (Lipinski definition) is 3. The lowest BCUT2D eigenvalue weighted by atomic mass is 9.83. The predicted molar refractivity (Wildman–Crippen MR) is 63.9 cm³/mol. The van der Waals surface area contributed by atoms with Crippen LogP contribution in [0.4, 0.5) is 0 Å². The van der Waals surface area contributed by atoms with Crippen LogP contribution in [0.25, 0.3) is 0 Å². The molecule has 0 heterocycles. The van der Waals surface area contributed by atoms with Gasteiger partial charge in [0.2, 0.25) is 0 Å². The van der Waals surface area contributed by atoms with Crippen LogP contribution in [0.3, 0.4) is 0 Å². The van der Waals surface area contributed by atoms with Crippen LogP contribution < -0.4 is 0 Å². The Labute approximate surface area is 94.2 Å². The molecular formula is C10H18O2S2. The first-order valence-corrected chi connectivity index (χ1v) is 7.55. The Bertz CT molecular complexity index is 185. The van der Waals surface area contributed by atoms with E-state index < -0.39 is 5.97 Å². The van der Waals surface area contributed by atoms with E-state index in [1.165, 1.54) is 0 Å².